The van der Waals surface area contributed by atoms with Crippen molar-refractivity contribution in [1.82, 2.24) is 19.6 Å². The number of carbonyl (C=O) groups is 5. The first-order valence-electron chi connectivity index (χ1n) is 14.1. The summed E-state index contributed by atoms with van der Waals surface area (Å²) in [4.78, 5) is 70.8. The van der Waals surface area contributed by atoms with Crippen molar-refractivity contribution in [3.63, 3.8) is 0 Å². The molecule has 208 valence electrons. The summed E-state index contributed by atoms with van der Waals surface area (Å²) in [5, 5.41) is 0. The van der Waals surface area contributed by atoms with E-state index in [9.17, 15) is 24.0 Å². The number of carbonyl (C=O) groups excluding carboxylic acids is 5. The van der Waals surface area contributed by atoms with E-state index in [1.807, 2.05) is 35.2 Å². The van der Waals surface area contributed by atoms with Crippen LogP contribution in [0, 0.1) is 11.3 Å². The summed E-state index contributed by atoms with van der Waals surface area (Å²) in [7, 11) is 1.58. The van der Waals surface area contributed by atoms with Crippen LogP contribution in [-0.4, -0.2) is 87.8 Å². The van der Waals surface area contributed by atoms with Crippen molar-refractivity contribution in [3.8, 4) is 0 Å². The Morgan fingerprint density at radius 1 is 0.872 bits per heavy atom. The van der Waals surface area contributed by atoms with Gasteiger partial charge in [-0.2, -0.15) is 0 Å². The summed E-state index contributed by atoms with van der Waals surface area (Å²) < 4.78 is 5.48. The largest absolute Gasteiger partial charge is 0.381 e. The molecule has 0 unspecified atom stereocenters. The van der Waals surface area contributed by atoms with Gasteiger partial charge < -0.3 is 9.64 Å². The van der Waals surface area contributed by atoms with Gasteiger partial charge in [0.1, 0.15) is 12.0 Å². The van der Waals surface area contributed by atoms with Crippen LogP contribution >= 0.6 is 0 Å². The number of barbiturate groups is 1. The molecule has 2 spiro atoms. The maximum atomic E-state index is 13.4. The van der Waals surface area contributed by atoms with E-state index < -0.39 is 23.4 Å². The molecule has 10 heteroatoms. The van der Waals surface area contributed by atoms with Gasteiger partial charge in [-0.05, 0) is 68.3 Å². The molecule has 6 rings (SSSR count). The molecule has 2 aliphatic carbocycles. The lowest BCUT2D eigenvalue weighted by Gasteiger charge is -2.59. The number of imide groups is 3. The minimum atomic E-state index is -0.771. The van der Waals surface area contributed by atoms with Crippen molar-refractivity contribution in [2.45, 2.75) is 75.9 Å². The summed E-state index contributed by atoms with van der Waals surface area (Å²) in [6.45, 7) is 2.11. The molecule has 0 N–H and O–H groups in total. The molecule has 5 fully saturated rings. The van der Waals surface area contributed by atoms with Crippen LogP contribution in [0.5, 0.6) is 0 Å². The number of hydrogen-bond donors (Lipinski definition) is 0. The summed E-state index contributed by atoms with van der Waals surface area (Å²) in [6, 6.07) is 8.29. The molecular formula is C29H36N4O6. The topological polar surface area (TPSA) is 108 Å². The average molecular weight is 537 g/mol. The third-order valence-electron chi connectivity index (χ3n) is 9.73. The van der Waals surface area contributed by atoms with Crippen LogP contribution in [0.15, 0.2) is 30.3 Å². The van der Waals surface area contributed by atoms with Crippen LogP contribution in [0.4, 0.5) is 9.59 Å². The van der Waals surface area contributed by atoms with Gasteiger partial charge in [0.05, 0.1) is 6.54 Å². The fourth-order valence-electron chi connectivity index (χ4n) is 7.61. The van der Waals surface area contributed by atoms with Gasteiger partial charge in [0.15, 0.2) is 0 Å². The van der Waals surface area contributed by atoms with Crippen LogP contribution in [0.3, 0.4) is 0 Å². The van der Waals surface area contributed by atoms with Crippen LogP contribution in [0.1, 0.15) is 63.4 Å². The highest BCUT2D eigenvalue weighted by Crippen LogP contribution is 2.61. The number of ether oxygens (including phenoxy) is 1. The molecule has 7 amide bonds. The minimum Gasteiger partial charge on any atom is -0.381 e. The van der Waals surface area contributed by atoms with E-state index in [0.717, 1.165) is 31.2 Å². The Morgan fingerprint density at radius 3 is 2.21 bits per heavy atom. The summed E-state index contributed by atoms with van der Waals surface area (Å²) in [6.07, 6.45) is 5.58. The second kappa shape index (κ2) is 9.73. The van der Waals surface area contributed by atoms with Crippen LogP contribution < -0.4 is 0 Å². The summed E-state index contributed by atoms with van der Waals surface area (Å²) in [5.74, 6) is -0.662. The number of benzene rings is 1. The number of amides is 7. The van der Waals surface area contributed by atoms with E-state index in [2.05, 4.69) is 0 Å². The van der Waals surface area contributed by atoms with E-state index >= 15 is 0 Å². The van der Waals surface area contributed by atoms with Crippen molar-refractivity contribution < 1.29 is 28.7 Å². The molecule has 39 heavy (non-hydrogen) atoms. The first-order valence-corrected chi connectivity index (χ1v) is 14.1. The zero-order valence-corrected chi connectivity index (χ0v) is 22.5. The van der Waals surface area contributed by atoms with Gasteiger partial charge in [0.2, 0.25) is 11.8 Å². The maximum absolute atomic E-state index is 13.4. The Bertz CT molecular complexity index is 1180. The highest BCUT2D eigenvalue weighted by atomic mass is 16.5. The van der Waals surface area contributed by atoms with E-state index in [0.29, 0.717) is 51.4 Å². The minimum absolute atomic E-state index is 0.0764. The Labute approximate surface area is 228 Å². The maximum Gasteiger partial charge on any atom is 0.333 e. The highest BCUT2D eigenvalue weighted by Gasteiger charge is 2.68. The molecule has 0 radical (unpaired) electrons. The average Bonchev–Trinajstić information content (AvgIpc) is 3.09. The number of hydrogen-bond acceptors (Lipinski definition) is 6. The zero-order valence-electron chi connectivity index (χ0n) is 22.5. The van der Waals surface area contributed by atoms with Crippen LogP contribution in [0.2, 0.25) is 0 Å². The summed E-state index contributed by atoms with van der Waals surface area (Å²) in [5.41, 5.74) is -0.0125. The van der Waals surface area contributed by atoms with Crippen molar-refractivity contribution in [2.24, 2.45) is 11.3 Å². The van der Waals surface area contributed by atoms with Crippen molar-refractivity contribution in [2.75, 3.05) is 26.8 Å². The third kappa shape index (κ3) is 4.33. The molecule has 2 saturated carbocycles. The van der Waals surface area contributed by atoms with Gasteiger partial charge in [-0.25, -0.2) is 9.59 Å². The van der Waals surface area contributed by atoms with Gasteiger partial charge in [-0.15, -0.1) is 0 Å². The quantitative estimate of drug-likeness (QED) is 0.423. The predicted molar refractivity (Wildman–Crippen MR) is 139 cm³/mol. The smallest absolute Gasteiger partial charge is 0.333 e. The van der Waals surface area contributed by atoms with Gasteiger partial charge in [0, 0.05) is 32.8 Å². The summed E-state index contributed by atoms with van der Waals surface area (Å²) >= 11 is 0. The van der Waals surface area contributed by atoms with Crippen molar-refractivity contribution in [3.05, 3.63) is 35.9 Å². The van der Waals surface area contributed by atoms with Gasteiger partial charge in [-0.3, -0.25) is 29.1 Å². The lowest BCUT2D eigenvalue weighted by molar-refractivity contribution is -0.152. The molecule has 1 aromatic rings. The first kappa shape index (κ1) is 26.0. The Kier molecular flexibility index (Phi) is 6.48. The van der Waals surface area contributed by atoms with Crippen molar-refractivity contribution >= 4 is 29.8 Å². The van der Waals surface area contributed by atoms with E-state index in [4.69, 9.17) is 4.74 Å². The van der Waals surface area contributed by atoms with Gasteiger partial charge >= 0.3 is 12.1 Å². The number of rotatable bonds is 5. The molecule has 5 aliphatic rings. The monoisotopic (exact) mass is 536 g/mol. The molecule has 3 aliphatic heterocycles. The second-order valence-corrected chi connectivity index (χ2v) is 12.1. The predicted octanol–water partition coefficient (Wildman–Crippen LogP) is 3.15. The highest BCUT2D eigenvalue weighted by molar-refractivity contribution is 6.14. The van der Waals surface area contributed by atoms with Gasteiger partial charge in [-0.1, -0.05) is 30.3 Å². The van der Waals surface area contributed by atoms with E-state index in [1.54, 1.807) is 7.05 Å². The molecule has 0 aromatic heterocycles. The molecule has 10 nitrogen and oxygen atoms in total. The Balaban J connectivity index is 1.12. The number of nitrogens with zero attached hydrogens (tertiary/aromatic N) is 4. The van der Waals surface area contributed by atoms with E-state index in [-0.39, 0.29) is 36.4 Å². The fraction of sp³-hybridized carbons (Fsp3) is 0.621. The van der Waals surface area contributed by atoms with E-state index in [1.165, 1.54) is 14.7 Å². The van der Waals surface area contributed by atoms with Crippen LogP contribution in [-0.2, 0) is 25.7 Å². The standard InChI is InChI=1S/C29H36N4O6/c1-30-25(36)29(32(26(30)37)17-21-9-13-39-14-10-21)18-28(19-29)11-7-22(8-12-28)33-24(35)15-23(34)31(27(33)38)16-20-5-3-2-4-6-20/h2-6,21-22H,7-19H2,1H3. The molecule has 0 bridgehead atoms. The zero-order chi connectivity index (χ0) is 27.4. The molecule has 3 saturated heterocycles. The fourth-order valence-corrected chi connectivity index (χ4v) is 7.61. The van der Waals surface area contributed by atoms with Crippen LogP contribution in [0.25, 0.3) is 0 Å². The molecule has 1 aromatic carbocycles. The molecule has 3 heterocycles. The molecule has 0 atom stereocenters. The molecular weight excluding hydrogens is 500 g/mol. The first-order chi connectivity index (χ1) is 18.7. The van der Waals surface area contributed by atoms with Gasteiger partial charge in [0.25, 0.3) is 5.91 Å². The third-order valence-corrected chi connectivity index (χ3v) is 9.73. The van der Waals surface area contributed by atoms with Crippen molar-refractivity contribution in [1.29, 1.82) is 0 Å². The Morgan fingerprint density at radius 2 is 1.54 bits per heavy atom. The lowest BCUT2D eigenvalue weighted by atomic mass is 9.51. The normalized spacial score (nSPS) is 32.1. The number of likely N-dealkylation sites (N-methyl/N-ethyl adjacent to an activating group) is 1. The second-order valence-electron chi connectivity index (χ2n) is 12.1. The SMILES string of the molecule is CN1C(=O)N(CC2CCOCC2)C2(CC3(CCC(N4C(=O)CC(=O)N(Cc5ccccc5)C4=O)CC3)C2)C1=O. The lowest BCUT2D eigenvalue weighted by Crippen LogP contribution is -2.66. The number of urea groups is 2. The Hall–Kier alpha value is -3.27.